The third kappa shape index (κ3) is 2.49. The predicted octanol–water partition coefficient (Wildman–Crippen LogP) is 2.10. The summed E-state index contributed by atoms with van der Waals surface area (Å²) in [5, 5.41) is 13.1. The lowest BCUT2D eigenvalue weighted by atomic mass is 10.1. The second-order valence-electron chi connectivity index (χ2n) is 4.53. The second kappa shape index (κ2) is 5.05. The molecular formula is C13H13N3O2S. The van der Waals surface area contributed by atoms with Crippen molar-refractivity contribution >= 4 is 34.6 Å². The minimum atomic E-state index is -0.967. The van der Waals surface area contributed by atoms with Gasteiger partial charge < -0.3 is 10.4 Å². The first-order chi connectivity index (χ1) is 9.24. The summed E-state index contributed by atoms with van der Waals surface area (Å²) in [6, 6.07) is 5.08. The number of rotatable bonds is 4. The van der Waals surface area contributed by atoms with Crippen LogP contribution >= 0.6 is 11.8 Å². The molecule has 2 N–H and O–H groups in total. The number of thioether (sulfide) groups is 1. The van der Waals surface area contributed by atoms with Crippen LogP contribution in [0.1, 0.15) is 10.4 Å². The maximum Gasteiger partial charge on any atom is 0.337 e. The summed E-state index contributed by atoms with van der Waals surface area (Å²) in [6.07, 6.45) is 1.66. The Morgan fingerprint density at radius 2 is 2.32 bits per heavy atom. The first-order valence-corrected chi connectivity index (χ1v) is 7.20. The van der Waals surface area contributed by atoms with Crippen LogP contribution in [0, 0.1) is 5.92 Å². The molecular weight excluding hydrogens is 262 g/mol. The lowest BCUT2D eigenvalue weighted by molar-refractivity contribution is 0.0699. The number of aromatic nitrogens is 2. The van der Waals surface area contributed by atoms with Crippen molar-refractivity contribution in [1.82, 2.24) is 9.97 Å². The van der Waals surface area contributed by atoms with Crippen LogP contribution in [0.3, 0.4) is 0 Å². The molecule has 2 heterocycles. The van der Waals surface area contributed by atoms with Crippen LogP contribution in [-0.2, 0) is 0 Å². The van der Waals surface area contributed by atoms with Gasteiger partial charge in [-0.2, -0.15) is 11.8 Å². The van der Waals surface area contributed by atoms with Gasteiger partial charge >= 0.3 is 5.97 Å². The summed E-state index contributed by atoms with van der Waals surface area (Å²) < 4.78 is 0. The highest BCUT2D eigenvalue weighted by atomic mass is 32.2. The average Bonchev–Trinajstić information content (AvgIpc) is 2.36. The molecule has 0 unspecified atom stereocenters. The molecule has 98 valence electrons. The van der Waals surface area contributed by atoms with Gasteiger partial charge in [-0.3, -0.25) is 0 Å². The molecule has 1 aromatic heterocycles. The maximum atomic E-state index is 11.2. The zero-order valence-corrected chi connectivity index (χ0v) is 11.0. The van der Waals surface area contributed by atoms with E-state index in [9.17, 15) is 4.79 Å². The second-order valence-corrected chi connectivity index (χ2v) is 5.60. The van der Waals surface area contributed by atoms with Crippen molar-refractivity contribution in [3.05, 3.63) is 30.0 Å². The van der Waals surface area contributed by atoms with Gasteiger partial charge in [-0.05, 0) is 23.5 Å². The Kier molecular flexibility index (Phi) is 3.25. The van der Waals surface area contributed by atoms with Crippen LogP contribution in [0.4, 0.5) is 5.95 Å². The first kappa shape index (κ1) is 12.2. The molecule has 1 saturated heterocycles. The molecule has 19 heavy (non-hydrogen) atoms. The predicted molar refractivity (Wildman–Crippen MR) is 75.8 cm³/mol. The van der Waals surface area contributed by atoms with Crippen molar-refractivity contribution in [2.75, 3.05) is 23.4 Å². The number of hydrogen-bond donors (Lipinski definition) is 2. The van der Waals surface area contributed by atoms with Gasteiger partial charge in [0.15, 0.2) is 0 Å². The molecule has 3 rings (SSSR count). The van der Waals surface area contributed by atoms with E-state index in [-0.39, 0.29) is 5.56 Å². The fourth-order valence-corrected chi connectivity index (χ4v) is 2.76. The van der Waals surface area contributed by atoms with Gasteiger partial charge in [0.2, 0.25) is 5.95 Å². The maximum absolute atomic E-state index is 11.2. The number of anilines is 1. The Morgan fingerprint density at radius 1 is 1.47 bits per heavy atom. The average molecular weight is 275 g/mol. The van der Waals surface area contributed by atoms with E-state index in [1.54, 1.807) is 18.3 Å². The van der Waals surface area contributed by atoms with Crippen molar-refractivity contribution < 1.29 is 9.90 Å². The fraction of sp³-hybridized carbons (Fsp3) is 0.308. The van der Waals surface area contributed by atoms with E-state index >= 15 is 0 Å². The van der Waals surface area contributed by atoms with Gasteiger partial charge in [0.25, 0.3) is 0 Å². The summed E-state index contributed by atoms with van der Waals surface area (Å²) >= 11 is 1.93. The Labute approximate surface area is 114 Å². The van der Waals surface area contributed by atoms with Gasteiger partial charge in [-0.15, -0.1) is 0 Å². The normalized spacial score (nSPS) is 15.2. The highest BCUT2D eigenvalue weighted by Gasteiger charge is 2.18. The number of benzene rings is 1. The molecule has 0 aliphatic carbocycles. The minimum absolute atomic E-state index is 0.210. The van der Waals surface area contributed by atoms with Crippen LogP contribution in [0.5, 0.6) is 0 Å². The van der Waals surface area contributed by atoms with Crippen molar-refractivity contribution in [2.45, 2.75) is 0 Å². The van der Waals surface area contributed by atoms with Gasteiger partial charge in [0.1, 0.15) is 0 Å². The molecule has 0 atom stereocenters. The molecule has 0 amide bonds. The Bertz CT molecular complexity index is 628. The zero-order valence-electron chi connectivity index (χ0n) is 10.2. The fourth-order valence-electron chi connectivity index (χ4n) is 1.95. The van der Waals surface area contributed by atoms with E-state index in [1.807, 2.05) is 17.8 Å². The number of nitrogens with zero attached hydrogens (tertiary/aromatic N) is 2. The van der Waals surface area contributed by atoms with Crippen LogP contribution in [-0.4, -0.2) is 39.1 Å². The molecule has 0 saturated carbocycles. The summed E-state index contributed by atoms with van der Waals surface area (Å²) in [5.41, 5.74) is 0.692. The van der Waals surface area contributed by atoms with Crippen LogP contribution in [0.15, 0.2) is 24.4 Å². The molecule has 6 heteroatoms. The van der Waals surface area contributed by atoms with Gasteiger partial charge in [-0.25, -0.2) is 14.8 Å². The van der Waals surface area contributed by atoms with Crippen molar-refractivity contribution in [1.29, 1.82) is 0 Å². The highest BCUT2D eigenvalue weighted by molar-refractivity contribution is 8.00. The zero-order chi connectivity index (χ0) is 13.2. The van der Waals surface area contributed by atoms with Gasteiger partial charge in [0.05, 0.1) is 11.1 Å². The molecule has 1 aromatic carbocycles. The third-order valence-corrected chi connectivity index (χ3v) is 4.51. The Morgan fingerprint density at radius 3 is 3.00 bits per heavy atom. The lowest BCUT2D eigenvalue weighted by Gasteiger charge is -2.24. The first-order valence-electron chi connectivity index (χ1n) is 6.05. The van der Waals surface area contributed by atoms with Crippen LogP contribution in [0.25, 0.3) is 10.9 Å². The molecule has 1 aliphatic rings. The summed E-state index contributed by atoms with van der Waals surface area (Å²) in [7, 11) is 0. The van der Waals surface area contributed by atoms with Crippen LogP contribution < -0.4 is 5.32 Å². The molecule has 0 bridgehead atoms. The monoisotopic (exact) mass is 275 g/mol. The quantitative estimate of drug-likeness (QED) is 0.890. The van der Waals surface area contributed by atoms with E-state index in [2.05, 4.69) is 15.3 Å². The van der Waals surface area contributed by atoms with Crippen molar-refractivity contribution in [2.24, 2.45) is 5.92 Å². The van der Waals surface area contributed by atoms with Crippen LogP contribution in [0.2, 0.25) is 0 Å². The molecule has 0 spiro atoms. The number of aromatic carboxylic acids is 1. The number of carbonyl (C=O) groups is 1. The van der Waals surface area contributed by atoms with E-state index in [0.717, 1.165) is 11.9 Å². The topological polar surface area (TPSA) is 75.1 Å². The summed E-state index contributed by atoms with van der Waals surface area (Å²) in [5.74, 6) is 2.53. The molecule has 2 aromatic rings. The number of nitrogens with one attached hydrogen (secondary N) is 1. The lowest BCUT2D eigenvalue weighted by Crippen LogP contribution is -2.26. The third-order valence-electron chi connectivity index (χ3n) is 3.10. The molecule has 0 radical (unpaired) electrons. The highest BCUT2D eigenvalue weighted by Crippen LogP contribution is 2.24. The van der Waals surface area contributed by atoms with E-state index in [0.29, 0.717) is 17.4 Å². The number of fused-ring (bicyclic) bond motifs is 1. The van der Waals surface area contributed by atoms with E-state index in [4.69, 9.17) is 5.11 Å². The van der Waals surface area contributed by atoms with Gasteiger partial charge in [0, 0.05) is 18.1 Å². The standard InChI is InChI=1S/C13H13N3O2S/c17-12(18)10-3-1-2-9-5-15-13(16-11(9)10)14-4-8-6-19-7-8/h1-3,5,8H,4,6-7H2,(H,17,18)(H,14,15,16). The number of carboxylic acid groups (broad SMARTS) is 1. The van der Waals surface area contributed by atoms with Crippen molar-refractivity contribution in [3.63, 3.8) is 0 Å². The Hall–Kier alpha value is -1.82. The SMILES string of the molecule is O=C(O)c1cccc2cnc(NCC3CSC3)nc12. The summed E-state index contributed by atoms with van der Waals surface area (Å²) in [4.78, 5) is 19.7. The van der Waals surface area contributed by atoms with E-state index < -0.39 is 5.97 Å². The van der Waals surface area contributed by atoms with Gasteiger partial charge in [-0.1, -0.05) is 12.1 Å². The van der Waals surface area contributed by atoms with E-state index in [1.165, 1.54) is 11.5 Å². The summed E-state index contributed by atoms with van der Waals surface area (Å²) in [6.45, 7) is 0.841. The smallest absolute Gasteiger partial charge is 0.337 e. The Balaban J connectivity index is 1.89. The molecule has 5 nitrogen and oxygen atoms in total. The molecule has 1 fully saturated rings. The number of hydrogen-bond acceptors (Lipinski definition) is 5. The molecule has 1 aliphatic heterocycles. The minimum Gasteiger partial charge on any atom is -0.478 e. The van der Waals surface area contributed by atoms with Crippen molar-refractivity contribution in [3.8, 4) is 0 Å². The number of carboxylic acids is 1. The number of para-hydroxylation sites is 1. The largest absolute Gasteiger partial charge is 0.478 e.